The van der Waals surface area contributed by atoms with E-state index in [0.717, 1.165) is 17.5 Å². The molecule has 1 aliphatic rings. The zero-order valence-corrected chi connectivity index (χ0v) is 15.0. The van der Waals surface area contributed by atoms with Gasteiger partial charge in [-0.3, -0.25) is 4.79 Å². The highest BCUT2D eigenvalue weighted by Crippen LogP contribution is 2.55. The number of carbonyl (C=O) groups is 1. The van der Waals surface area contributed by atoms with Gasteiger partial charge in [0.05, 0.1) is 4.90 Å². The molecule has 0 spiro atoms. The summed E-state index contributed by atoms with van der Waals surface area (Å²) >= 11 is 0. The second kappa shape index (κ2) is 5.97. The van der Waals surface area contributed by atoms with E-state index in [9.17, 15) is 18.3 Å². The van der Waals surface area contributed by atoms with E-state index in [4.69, 9.17) is 5.73 Å². The van der Waals surface area contributed by atoms with Gasteiger partial charge in [0.25, 0.3) is 0 Å². The lowest BCUT2D eigenvalue weighted by Crippen LogP contribution is -2.39. The summed E-state index contributed by atoms with van der Waals surface area (Å²) in [5, 5.41) is 8.41. The van der Waals surface area contributed by atoms with Crippen LogP contribution < -0.4 is 5.73 Å². The molecule has 0 saturated heterocycles. The first-order chi connectivity index (χ1) is 11.7. The SMILES string of the molecule is CCc1ccc([C@H]2[C@@H](S(=O)(=O)c3ccc(C)cc3)[C@@]2(N)C(=O)O)cc1. The Balaban J connectivity index is 2.03. The molecule has 25 heavy (non-hydrogen) atoms. The van der Waals surface area contributed by atoms with Gasteiger partial charge in [-0.05, 0) is 36.6 Å². The van der Waals surface area contributed by atoms with Crippen molar-refractivity contribution in [1.29, 1.82) is 0 Å². The smallest absolute Gasteiger partial charge is 0.325 e. The van der Waals surface area contributed by atoms with Crippen molar-refractivity contribution in [2.24, 2.45) is 5.73 Å². The fraction of sp³-hybridized carbons (Fsp3) is 0.316. The molecular formula is C19H21NO4S. The molecule has 3 atom stereocenters. The van der Waals surface area contributed by atoms with Crippen LogP contribution in [0, 0.1) is 6.92 Å². The third-order valence-corrected chi connectivity index (χ3v) is 7.24. The van der Waals surface area contributed by atoms with E-state index < -0.39 is 32.5 Å². The molecule has 0 bridgehead atoms. The van der Waals surface area contributed by atoms with Crippen LogP contribution in [0.1, 0.15) is 29.5 Å². The molecule has 3 N–H and O–H groups in total. The minimum absolute atomic E-state index is 0.104. The number of nitrogens with two attached hydrogens (primary N) is 1. The molecule has 6 heteroatoms. The van der Waals surface area contributed by atoms with E-state index in [1.54, 1.807) is 24.3 Å². The predicted molar refractivity (Wildman–Crippen MR) is 95.3 cm³/mol. The Kier molecular flexibility index (Phi) is 4.21. The fourth-order valence-corrected chi connectivity index (χ4v) is 5.58. The summed E-state index contributed by atoms with van der Waals surface area (Å²) in [7, 11) is -3.85. The van der Waals surface area contributed by atoms with E-state index in [-0.39, 0.29) is 4.90 Å². The summed E-state index contributed by atoms with van der Waals surface area (Å²) in [6.45, 7) is 3.87. The molecule has 0 unspecified atom stereocenters. The van der Waals surface area contributed by atoms with Gasteiger partial charge in [-0.15, -0.1) is 0 Å². The van der Waals surface area contributed by atoms with Crippen molar-refractivity contribution < 1.29 is 18.3 Å². The Bertz CT molecular complexity index is 903. The van der Waals surface area contributed by atoms with E-state index in [1.165, 1.54) is 12.1 Å². The summed E-state index contributed by atoms with van der Waals surface area (Å²) < 4.78 is 26.0. The zero-order chi connectivity index (χ0) is 18.4. The van der Waals surface area contributed by atoms with E-state index >= 15 is 0 Å². The van der Waals surface area contributed by atoms with Crippen LogP contribution in [0.2, 0.25) is 0 Å². The second-order valence-corrected chi connectivity index (χ2v) is 8.66. The highest BCUT2D eigenvalue weighted by Gasteiger charge is 2.74. The molecule has 5 nitrogen and oxygen atoms in total. The number of carboxylic acids is 1. The van der Waals surface area contributed by atoms with Crippen molar-refractivity contribution in [1.82, 2.24) is 0 Å². The van der Waals surface area contributed by atoms with Crippen molar-refractivity contribution in [3.8, 4) is 0 Å². The third kappa shape index (κ3) is 2.75. The second-order valence-electron chi connectivity index (χ2n) is 6.59. The summed E-state index contributed by atoms with van der Waals surface area (Å²) in [6.07, 6.45) is 0.850. The van der Waals surface area contributed by atoms with Crippen LogP contribution in [0.25, 0.3) is 0 Å². The zero-order valence-electron chi connectivity index (χ0n) is 14.1. The summed E-state index contributed by atoms with van der Waals surface area (Å²) in [6, 6.07) is 13.7. The summed E-state index contributed by atoms with van der Waals surface area (Å²) in [5.41, 5.74) is 6.92. The largest absolute Gasteiger partial charge is 0.480 e. The summed E-state index contributed by atoms with van der Waals surface area (Å²) in [4.78, 5) is 11.8. The normalized spacial score (nSPS) is 25.6. The van der Waals surface area contributed by atoms with Crippen molar-refractivity contribution in [2.75, 3.05) is 0 Å². The maximum Gasteiger partial charge on any atom is 0.325 e. The minimum atomic E-state index is -3.85. The fourth-order valence-electron chi connectivity index (χ4n) is 3.35. The highest BCUT2D eigenvalue weighted by atomic mass is 32.2. The number of aliphatic carboxylic acids is 1. The maximum atomic E-state index is 13.0. The molecular weight excluding hydrogens is 338 g/mol. The number of rotatable bonds is 5. The van der Waals surface area contributed by atoms with Crippen LogP contribution in [-0.2, 0) is 21.1 Å². The molecule has 0 heterocycles. The van der Waals surface area contributed by atoms with Gasteiger partial charge in [0, 0.05) is 5.92 Å². The first kappa shape index (κ1) is 17.6. The van der Waals surface area contributed by atoms with Crippen LogP contribution in [0.4, 0.5) is 0 Å². The average Bonchev–Trinajstić information content (AvgIpc) is 3.24. The molecule has 2 aromatic rings. The number of aryl methyl sites for hydroxylation is 2. The molecule has 0 aromatic heterocycles. The molecule has 0 amide bonds. The molecule has 2 aromatic carbocycles. The number of benzene rings is 2. The van der Waals surface area contributed by atoms with Gasteiger partial charge >= 0.3 is 5.97 Å². The number of sulfone groups is 1. The first-order valence-electron chi connectivity index (χ1n) is 8.14. The molecule has 1 fully saturated rings. The summed E-state index contributed by atoms with van der Waals surface area (Å²) in [5.74, 6) is -2.06. The molecule has 132 valence electrons. The number of carboxylic acid groups (broad SMARTS) is 1. The lowest BCUT2D eigenvalue weighted by Gasteiger charge is -2.07. The van der Waals surface area contributed by atoms with Crippen LogP contribution in [0.3, 0.4) is 0 Å². The van der Waals surface area contributed by atoms with Gasteiger partial charge in [0.15, 0.2) is 9.84 Å². The van der Waals surface area contributed by atoms with Gasteiger partial charge in [-0.2, -0.15) is 0 Å². The quantitative estimate of drug-likeness (QED) is 0.853. The van der Waals surface area contributed by atoms with Gasteiger partial charge in [-0.1, -0.05) is 48.9 Å². The lowest BCUT2D eigenvalue weighted by atomic mass is 10.0. The van der Waals surface area contributed by atoms with E-state index in [1.807, 2.05) is 26.0 Å². The van der Waals surface area contributed by atoms with Gasteiger partial charge < -0.3 is 10.8 Å². The van der Waals surface area contributed by atoms with E-state index in [0.29, 0.717) is 5.56 Å². The molecule has 0 aliphatic heterocycles. The monoisotopic (exact) mass is 359 g/mol. The Hall–Kier alpha value is -2.18. The van der Waals surface area contributed by atoms with Crippen molar-refractivity contribution >= 4 is 15.8 Å². The van der Waals surface area contributed by atoms with Crippen molar-refractivity contribution in [3.63, 3.8) is 0 Å². The van der Waals surface area contributed by atoms with Crippen LogP contribution >= 0.6 is 0 Å². The Labute approximate surface area is 147 Å². The Morgan fingerprint density at radius 2 is 1.68 bits per heavy atom. The van der Waals surface area contributed by atoms with Gasteiger partial charge in [-0.25, -0.2) is 8.42 Å². The van der Waals surface area contributed by atoms with E-state index in [2.05, 4.69) is 0 Å². The van der Waals surface area contributed by atoms with Crippen LogP contribution in [-0.4, -0.2) is 30.3 Å². The van der Waals surface area contributed by atoms with Crippen molar-refractivity contribution in [3.05, 3.63) is 65.2 Å². The van der Waals surface area contributed by atoms with Crippen molar-refractivity contribution in [2.45, 2.75) is 41.9 Å². The molecule has 1 aliphatic carbocycles. The van der Waals surface area contributed by atoms with Crippen LogP contribution in [0.15, 0.2) is 53.4 Å². The molecule has 0 radical (unpaired) electrons. The predicted octanol–water partition coefficient (Wildman–Crippen LogP) is 2.28. The lowest BCUT2D eigenvalue weighted by molar-refractivity contribution is -0.139. The average molecular weight is 359 g/mol. The Morgan fingerprint density at radius 1 is 1.12 bits per heavy atom. The first-order valence-corrected chi connectivity index (χ1v) is 9.69. The standard InChI is InChI=1S/C19H21NO4S/c1-3-13-6-8-14(9-7-13)16-17(19(16,20)18(21)22)25(23,24)15-10-4-12(2)5-11-15/h4-11,16-17H,3,20H2,1-2H3,(H,21,22)/t16-,17+,19+/m0/s1. The third-order valence-electron chi connectivity index (χ3n) is 4.98. The maximum absolute atomic E-state index is 13.0. The topological polar surface area (TPSA) is 97.5 Å². The number of hydrogen-bond acceptors (Lipinski definition) is 4. The van der Waals surface area contributed by atoms with Gasteiger partial charge in [0.2, 0.25) is 0 Å². The molecule has 3 rings (SSSR count). The molecule has 1 saturated carbocycles. The highest BCUT2D eigenvalue weighted by molar-refractivity contribution is 7.92. The minimum Gasteiger partial charge on any atom is -0.480 e. The number of hydrogen-bond donors (Lipinski definition) is 2. The Morgan fingerprint density at radius 3 is 2.16 bits per heavy atom. The van der Waals surface area contributed by atoms with Crippen LogP contribution in [0.5, 0.6) is 0 Å². The van der Waals surface area contributed by atoms with Gasteiger partial charge in [0.1, 0.15) is 10.8 Å².